The molecule has 0 spiro atoms. The van der Waals surface area contributed by atoms with Crippen LogP contribution < -0.4 is 16.4 Å². The van der Waals surface area contributed by atoms with Crippen LogP contribution in [0.1, 0.15) is 51.4 Å². The van der Waals surface area contributed by atoms with Crippen molar-refractivity contribution in [1.29, 1.82) is 0 Å². The van der Waals surface area contributed by atoms with E-state index in [-0.39, 0.29) is 0 Å². The SMILES string of the molecule is Nc1c(NC2CCCC2)ncnc1NC1CCCC1. The van der Waals surface area contributed by atoms with E-state index in [1.165, 1.54) is 51.4 Å². The summed E-state index contributed by atoms with van der Waals surface area (Å²) in [5.41, 5.74) is 6.86. The summed E-state index contributed by atoms with van der Waals surface area (Å²) in [7, 11) is 0. The number of nitrogens with two attached hydrogens (primary N) is 1. The summed E-state index contributed by atoms with van der Waals surface area (Å²) in [5.74, 6) is 1.59. The van der Waals surface area contributed by atoms with Gasteiger partial charge < -0.3 is 16.4 Å². The highest BCUT2D eigenvalue weighted by Crippen LogP contribution is 2.29. The molecule has 0 radical (unpaired) electrons. The molecule has 1 aromatic rings. The lowest BCUT2D eigenvalue weighted by Gasteiger charge is -2.18. The maximum atomic E-state index is 6.19. The molecule has 2 saturated carbocycles. The molecule has 0 aromatic carbocycles. The van der Waals surface area contributed by atoms with Gasteiger partial charge in [-0.2, -0.15) is 0 Å². The highest BCUT2D eigenvalue weighted by Gasteiger charge is 2.20. The standard InChI is InChI=1S/C14H23N5/c15-12-13(18-10-5-1-2-6-10)16-9-17-14(12)19-11-7-3-4-8-11/h9-11H,1-8,15H2,(H2,16,17,18,19). The minimum atomic E-state index is 0.525. The van der Waals surface area contributed by atoms with E-state index in [0.29, 0.717) is 17.8 Å². The molecule has 0 bridgehead atoms. The molecule has 1 heterocycles. The van der Waals surface area contributed by atoms with Gasteiger partial charge in [-0.05, 0) is 25.7 Å². The van der Waals surface area contributed by atoms with Gasteiger partial charge in [-0.3, -0.25) is 0 Å². The van der Waals surface area contributed by atoms with E-state index in [4.69, 9.17) is 5.73 Å². The quantitative estimate of drug-likeness (QED) is 0.777. The van der Waals surface area contributed by atoms with E-state index in [2.05, 4.69) is 20.6 Å². The average molecular weight is 261 g/mol. The van der Waals surface area contributed by atoms with Crippen molar-refractivity contribution in [1.82, 2.24) is 9.97 Å². The van der Waals surface area contributed by atoms with Crippen molar-refractivity contribution >= 4 is 17.3 Å². The number of rotatable bonds is 4. The first-order valence-electron chi connectivity index (χ1n) is 7.46. The minimum Gasteiger partial charge on any atom is -0.393 e. The first-order chi connectivity index (χ1) is 9.33. The number of nitrogens with one attached hydrogen (secondary N) is 2. The highest BCUT2D eigenvalue weighted by atomic mass is 15.1. The predicted octanol–water partition coefficient (Wildman–Crippen LogP) is 2.77. The average Bonchev–Trinajstić information content (AvgIpc) is 3.07. The van der Waals surface area contributed by atoms with Crippen molar-refractivity contribution < 1.29 is 0 Å². The molecule has 19 heavy (non-hydrogen) atoms. The van der Waals surface area contributed by atoms with Crippen molar-refractivity contribution in [3.63, 3.8) is 0 Å². The van der Waals surface area contributed by atoms with E-state index in [1.807, 2.05) is 0 Å². The topological polar surface area (TPSA) is 75.9 Å². The summed E-state index contributed by atoms with van der Waals surface area (Å²) < 4.78 is 0. The van der Waals surface area contributed by atoms with Gasteiger partial charge in [-0.15, -0.1) is 0 Å². The maximum absolute atomic E-state index is 6.19. The van der Waals surface area contributed by atoms with Gasteiger partial charge in [0.1, 0.15) is 12.0 Å². The van der Waals surface area contributed by atoms with Crippen LogP contribution in [-0.2, 0) is 0 Å². The fourth-order valence-corrected chi connectivity index (χ4v) is 3.15. The second-order valence-corrected chi connectivity index (χ2v) is 5.74. The van der Waals surface area contributed by atoms with Gasteiger partial charge in [-0.25, -0.2) is 9.97 Å². The zero-order valence-corrected chi connectivity index (χ0v) is 11.4. The van der Waals surface area contributed by atoms with Crippen molar-refractivity contribution in [2.45, 2.75) is 63.5 Å². The third kappa shape index (κ3) is 2.91. The van der Waals surface area contributed by atoms with Gasteiger partial charge >= 0.3 is 0 Å². The zero-order valence-electron chi connectivity index (χ0n) is 11.4. The van der Waals surface area contributed by atoms with Crippen LogP contribution in [0.25, 0.3) is 0 Å². The normalized spacial score (nSPS) is 20.8. The summed E-state index contributed by atoms with van der Waals surface area (Å²) in [6.45, 7) is 0. The molecule has 0 unspecified atom stereocenters. The van der Waals surface area contributed by atoms with E-state index in [1.54, 1.807) is 6.33 Å². The molecule has 4 N–H and O–H groups in total. The Balaban J connectivity index is 1.69. The second kappa shape index (κ2) is 5.63. The Morgan fingerprint density at radius 2 is 1.26 bits per heavy atom. The van der Waals surface area contributed by atoms with Crippen LogP contribution in [0.3, 0.4) is 0 Å². The Hall–Kier alpha value is -1.52. The van der Waals surface area contributed by atoms with Gasteiger partial charge in [0.2, 0.25) is 0 Å². The molecular formula is C14H23N5. The van der Waals surface area contributed by atoms with Crippen LogP contribution >= 0.6 is 0 Å². The summed E-state index contributed by atoms with van der Waals surface area (Å²) in [5, 5.41) is 6.92. The Labute approximate surface area is 114 Å². The zero-order chi connectivity index (χ0) is 13.1. The Morgan fingerprint density at radius 1 is 0.842 bits per heavy atom. The second-order valence-electron chi connectivity index (χ2n) is 5.74. The van der Waals surface area contributed by atoms with Crippen LogP contribution in [0.15, 0.2) is 6.33 Å². The van der Waals surface area contributed by atoms with Crippen LogP contribution in [-0.4, -0.2) is 22.1 Å². The minimum absolute atomic E-state index is 0.525. The summed E-state index contributed by atoms with van der Waals surface area (Å²) in [6, 6.07) is 1.05. The molecule has 1 aromatic heterocycles. The molecule has 2 aliphatic carbocycles. The number of hydrogen-bond donors (Lipinski definition) is 3. The van der Waals surface area contributed by atoms with Crippen LogP contribution in [0.2, 0.25) is 0 Å². The molecule has 0 saturated heterocycles. The highest BCUT2D eigenvalue weighted by molar-refractivity contribution is 5.74. The van der Waals surface area contributed by atoms with Crippen molar-refractivity contribution in [2.75, 3.05) is 16.4 Å². The Kier molecular flexibility index (Phi) is 3.71. The fourth-order valence-electron chi connectivity index (χ4n) is 3.15. The van der Waals surface area contributed by atoms with Crippen molar-refractivity contribution in [3.8, 4) is 0 Å². The third-order valence-corrected chi connectivity index (χ3v) is 4.28. The first-order valence-corrected chi connectivity index (χ1v) is 7.46. The number of anilines is 3. The largest absolute Gasteiger partial charge is 0.393 e. The lowest BCUT2D eigenvalue weighted by Crippen LogP contribution is -2.20. The maximum Gasteiger partial charge on any atom is 0.155 e. The molecule has 104 valence electrons. The van der Waals surface area contributed by atoms with E-state index in [9.17, 15) is 0 Å². The van der Waals surface area contributed by atoms with Crippen LogP contribution in [0, 0.1) is 0 Å². The van der Waals surface area contributed by atoms with E-state index in [0.717, 1.165) is 11.6 Å². The molecule has 5 heteroatoms. The Morgan fingerprint density at radius 3 is 1.68 bits per heavy atom. The van der Waals surface area contributed by atoms with E-state index >= 15 is 0 Å². The van der Waals surface area contributed by atoms with Gasteiger partial charge in [0, 0.05) is 12.1 Å². The summed E-state index contributed by atoms with van der Waals surface area (Å²) >= 11 is 0. The van der Waals surface area contributed by atoms with Crippen molar-refractivity contribution in [3.05, 3.63) is 6.33 Å². The predicted molar refractivity (Wildman–Crippen MR) is 78.2 cm³/mol. The van der Waals surface area contributed by atoms with Gasteiger partial charge in [0.25, 0.3) is 0 Å². The van der Waals surface area contributed by atoms with Gasteiger partial charge in [0.05, 0.1) is 0 Å². The smallest absolute Gasteiger partial charge is 0.155 e. The monoisotopic (exact) mass is 261 g/mol. The molecule has 5 nitrogen and oxygen atoms in total. The number of nitrogen functional groups attached to an aromatic ring is 1. The lowest BCUT2D eigenvalue weighted by molar-refractivity contribution is 0.744. The van der Waals surface area contributed by atoms with Crippen LogP contribution in [0.5, 0.6) is 0 Å². The lowest BCUT2D eigenvalue weighted by atomic mass is 10.2. The number of nitrogens with zero attached hydrogens (tertiary/aromatic N) is 2. The molecule has 0 amide bonds. The fraction of sp³-hybridized carbons (Fsp3) is 0.714. The molecule has 0 atom stereocenters. The van der Waals surface area contributed by atoms with Gasteiger partial charge in [0.15, 0.2) is 11.6 Å². The van der Waals surface area contributed by atoms with E-state index < -0.39 is 0 Å². The summed E-state index contributed by atoms with van der Waals surface area (Å²) in [4.78, 5) is 8.58. The summed E-state index contributed by atoms with van der Waals surface area (Å²) in [6.07, 6.45) is 11.7. The molecule has 3 rings (SSSR count). The number of aromatic nitrogens is 2. The third-order valence-electron chi connectivity index (χ3n) is 4.28. The van der Waals surface area contributed by atoms with Crippen LogP contribution in [0.4, 0.5) is 17.3 Å². The van der Waals surface area contributed by atoms with Gasteiger partial charge in [-0.1, -0.05) is 25.7 Å². The molecule has 2 fully saturated rings. The molecular weight excluding hydrogens is 238 g/mol. The Bertz CT molecular complexity index is 386. The molecule has 2 aliphatic rings. The first kappa shape index (κ1) is 12.5. The number of hydrogen-bond acceptors (Lipinski definition) is 5. The van der Waals surface area contributed by atoms with Crippen molar-refractivity contribution in [2.24, 2.45) is 0 Å². The molecule has 0 aliphatic heterocycles.